The molecule has 47 heavy (non-hydrogen) atoms. The molecule has 0 saturated carbocycles. The number of unbranched alkanes of at least 4 members (excludes halogenated alkanes) is 20. The zero-order valence-corrected chi connectivity index (χ0v) is 32.8. The van der Waals surface area contributed by atoms with Crippen LogP contribution in [0.3, 0.4) is 0 Å². The summed E-state index contributed by atoms with van der Waals surface area (Å²) in [5.41, 5.74) is -2.48. The van der Waals surface area contributed by atoms with Crippen LogP contribution in [0.4, 0.5) is 0 Å². The van der Waals surface area contributed by atoms with Crippen LogP contribution in [0.2, 0.25) is 0 Å². The molecule has 0 aromatic heterocycles. The summed E-state index contributed by atoms with van der Waals surface area (Å²) in [4.78, 5) is 47.4. The van der Waals surface area contributed by atoms with Crippen LogP contribution in [0, 0.1) is 10.8 Å². The number of hydrogen-bond acceptors (Lipinski definition) is 6. The minimum absolute atomic E-state index is 0. The van der Waals surface area contributed by atoms with Crippen LogP contribution >= 0.6 is 0 Å². The minimum atomic E-state index is -1.24. The van der Waals surface area contributed by atoms with Crippen molar-refractivity contribution in [2.24, 2.45) is 10.8 Å². The molecule has 0 unspecified atom stereocenters. The van der Waals surface area contributed by atoms with Gasteiger partial charge in [-0.2, -0.15) is 0 Å². The first-order chi connectivity index (χ1) is 22.0. The van der Waals surface area contributed by atoms with Gasteiger partial charge in [-0.15, -0.1) is 0 Å². The largest absolute Gasteiger partial charge is 2.00 e. The molecule has 6 nitrogen and oxygen atoms in total. The van der Waals surface area contributed by atoms with Gasteiger partial charge in [0.2, 0.25) is 0 Å². The first kappa shape index (κ1) is 50.2. The molecule has 0 aliphatic carbocycles. The maximum absolute atomic E-state index is 12.0. The van der Waals surface area contributed by atoms with Crippen molar-refractivity contribution in [1.29, 1.82) is 0 Å². The van der Waals surface area contributed by atoms with E-state index in [1.807, 2.05) is 0 Å². The predicted octanol–water partition coefficient (Wildman–Crippen LogP) is 9.62. The SMILES string of the molecule is CCCCCCCCC(CCCCCCCC)(C(C)=O)C(=O)[O-].CCCCCCCCC(CCCCCCCC)(C(C)=O)C(=O)[O-].[Mn+2]. The van der Waals surface area contributed by atoms with Crippen LogP contribution in [-0.4, -0.2) is 23.5 Å². The van der Waals surface area contributed by atoms with Gasteiger partial charge >= 0.3 is 17.1 Å². The maximum atomic E-state index is 12.0. The normalized spacial score (nSPS) is 11.4. The van der Waals surface area contributed by atoms with Gasteiger partial charge in [-0.05, 0) is 39.5 Å². The van der Waals surface area contributed by atoms with E-state index in [2.05, 4.69) is 27.7 Å². The second-order valence-electron chi connectivity index (χ2n) is 13.9. The van der Waals surface area contributed by atoms with Crippen molar-refractivity contribution in [3.05, 3.63) is 0 Å². The Kier molecular flexibility index (Phi) is 35.6. The average Bonchev–Trinajstić information content (AvgIpc) is 3.01. The van der Waals surface area contributed by atoms with Crippen molar-refractivity contribution in [2.75, 3.05) is 0 Å². The number of Topliss-reactive ketones (excluding diaryl/α,β-unsaturated/α-hetero) is 2. The Morgan fingerprint density at radius 2 is 0.532 bits per heavy atom. The molecular formula is C40H74MnO6. The number of carboxylic acid groups (broad SMARTS) is 2. The fourth-order valence-electron chi connectivity index (χ4n) is 6.48. The monoisotopic (exact) mass is 705 g/mol. The molecule has 0 aromatic rings. The standard InChI is InChI=1S/2C20H38O3.Mn/c2*1-4-6-8-10-12-14-16-20(18(3)21,19(22)23)17-15-13-11-9-7-5-2;/h2*4-17H2,1-3H3,(H,22,23);/q;;+2/p-2. The van der Waals surface area contributed by atoms with E-state index in [0.29, 0.717) is 25.7 Å². The van der Waals surface area contributed by atoms with Gasteiger partial charge in [0, 0.05) is 0 Å². The van der Waals surface area contributed by atoms with Crippen LogP contribution in [0.5, 0.6) is 0 Å². The van der Waals surface area contributed by atoms with E-state index in [1.165, 1.54) is 90.9 Å². The number of rotatable bonds is 32. The van der Waals surface area contributed by atoms with Crippen LogP contribution < -0.4 is 10.2 Å². The zero-order valence-electron chi connectivity index (χ0n) is 31.6. The fourth-order valence-corrected chi connectivity index (χ4v) is 6.48. The van der Waals surface area contributed by atoms with E-state index >= 15 is 0 Å². The second-order valence-corrected chi connectivity index (χ2v) is 13.9. The Hall–Kier alpha value is -1.20. The minimum Gasteiger partial charge on any atom is -0.549 e. The Morgan fingerprint density at radius 1 is 0.362 bits per heavy atom. The molecule has 277 valence electrons. The van der Waals surface area contributed by atoms with Crippen LogP contribution in [0.25, 0.3) is 0 Å². The maximum Gasteiger partial charge on any atom is 2.00 e. The summed E-state index contributed by atoms with van der Waals surface area (Å²) in [6, 6.07) is 0. The molecule has 0 heterocycles. The molecule has 0 spiro atoms. The number of hydrogen-bond donors (Lipinski definition) is 0. The van der Waals surface area contributed by atoms with Crippen molar-refractivity contribution in [1.82, 2.24) is 0 Å². The smallest absolute Gasteiger partial charge is 0.549 e. The molecule has 0 N–H and O–H groups in total. The summed E-state index contributed by atoms with van der Waals surface area (Å²) in [7, 11) is 0. The van der Waals surface area contributed by atoms with E-state index in [0.717, 1.165) is 77.0 Å². The molecule has 0 saturated heterocycles. The molecule has 0 aliphatic rings. The summed E-state index contributed by atoms with van der Waals surface area (Å²) in [6.07, 6.45) is 28.2. The summed E-state index contributed by atoms with van der Waals surface area (Å²) < 4.78 is 0. The Morgan fingerprint density at radius 3 is 0.681 bits per heavy atom. The molecule has 0 aromatic carbocycles. The van der Waals surface area contributed by atoms with Gasteiger partial charge < -0.3 is 19.8 Å². The fraction of sp³-hybridized carbons (Fsp3) is 0.900. The molecule has 0 fully saturated rings. The van der Waals surface area contributed by atoms with Crippen molar-refractivity contribution in [3.63, 3.8) is 0 Å². The quantitative estimate of drug-likeness (QED) is 0.0391. The van der Waals surface area contributed by atoms with Crippen molar-refractivity contribution >= 4 is 23.5 Å². The first-order valence-electron chi connectivity index (χ1n) is 19.5. The van der Waals surface area contributed by atoms with Gasteiger partial charge in [-0.25, -0.2) is 0 Å². The molecule has 0 bridgehead atoms. The predicted molar refractivity (Wildman–Crippen MR) is 188 cm³/mol. The average molecular weight is 706 g/mol. The van der Waals surface area contributed by atoms with Gasteiger partial charge in [-0.1, -0.05) is 182 Å². The summed E-state index contributed by atoms with van der Waals surface area (Å²) in [5.74, 6) is -2.77. The van der Waals surface area contributed by atoms with E-state index in [9.17, 15) is 29.4 Å². The van der Waals surface area contributed by atoms with Gasteiger partial charge in [0.25, 0.3) is 0 Å². The van der Waals surface area contributed by atoms with Gasteiger partial charge in [0.15, 0.2) is 0 Å². The molecular weight excluding hydrogens is 631 g/mol. The topological polar surface area (TPSA) is 114 Å². The Labute approximate surface area is 301 Å². The van der Waals surface area contributed by atoms with Crippen molar-refractivity contribution < 1.29 is 46.5 Å². The molecule has 0 amide bonds. The second kappa shape index (κ2) is 33.3. The summed E-state index contributed by atoms with van der Waals surface area (Å²) in [5, 5.41) is 23.3. The van der Waals surface area contributed by atoms with Gasteiger partial charge in [0.05, 0.1) is 22.8 Å². The number of carboxylic acids is 2. The Bertz CT molecular complexity index is 653. The number of carbonyl (C=O) groups excluding carboxylic acids is 4. The number of carbonyl (C=O) groups is 4. The molecule has 0 atom stereocenters. The third-order valence-electron chi connectivity index (χ3n) is 9.96. The molecule has 0 rings (SSSR count). The number of aliphatic carboxylic acids is 2. The van der Waals surface area contributed by atoms with Crippen LogP contribution in [0.1, 0.15) is 221 Å². The summed E-state index contributed by atoms with van der Waals surface area (Å²) in [6.45, 7) is 11.6. The van der Waals surface area contributed by atoms with Crippen LogP contribution in [0.15, 0.2) is 0 Å². The third-order valence-corrected chi connectivity index (χ3v) is 9.96. The Balaban J connectivity index is -0.000000807. The number of ketones is 2. The van der Waals surface area contributed by atoms with E-state index in [4.69, 9.17) is 0 Å². The van der Waals surface area contributed by atoms with Crippen molar-refractivity contribution in [3.8, 4) is 0 Å². The third kappa shape index (κ3) is 23.7. The van der Waals surface area contributed by atoms with Gasteiger partial charge in [0.1, 0.15) is 11.6 Å². The molecule has 7 heteroatoms. The van der Waals surface area contributed by atoms with Crippen molar-refractivity contribution in [2.45, 2.75) is 221 Å². The summed E-state index contributed by atoms with van der Waals surface area (Å²) >= 11 is 0. The molecule has 1 radical (unpaired) electrons. The van der Waals surface area contributed by atoms with Gasteiger partial charge in [-0.3, -0.25) is 9.59 Å². The van der Waals surface area contributed by atoms with E-state index < -0.39 is 22.8 Å². The van der Waals surface area contributed by atoms with E-state index in [-0.39, 0.29) is 28.6 Å². The van der Waals surface area contributed by atoms with E-state index in [1.54, 1.807) is 0 Å². The molecule has 0 aliphatic heterocycles. The van der Waals surface area contributed by atoms with Crippen LogP contribution in [-0.2, 0) is 36.2 Å². The first-order valence-corrected chi connectivity index (χ1v) is 19.5. The zero-order chi connectivity index (χ0) is 35.1.